The number of carbonyl (C=O) groups is 2. The second kappa shape index (κ2) is 3.27. The van der Waals surface area contributed by atoms with E-state index < -0.39 is 5.92 Å². The molecular formula is C14H10O2. The minimum atomic E-state index is -0.556. The zero-order valence-corrected chi connectivity index (χ0v) is 8.64. The quantitative estimate of drug-likeness (QED) is 0.614. The Kier molecular flexibility index (Phi) is 1.90. The first-order valence-electron chi connectivity index (χ1n) is 5.30. The third-order valence-corrected chi connectivity index (χ3v) is 3.17. The molecule has 0 bridgehead atoms. The van der Waals surface area contributed by atoms with Crippen LogP contribution in [0.1, 0.15) is 15.9 Å². The normalized spacial score (nSPS) is 22.5. The highest BCUT2D eigenvalue weighted by atomic mass is 16.1. The van der Waals surface area contributed by atoms with Gasteiger partial charge in [-0.05, 0) is 23.6 Å². The molecule has 0 amide bonds. The molecule has 1 atom stereocenters. The molecular weight excluding hydrogens is 200 g/mol. The van der Waals surface area contributed by atoms with Crippen molar-refractivity contribution in [2.75, 3.05) is 0 Å². The number of allylic oxidation sites excluding steroid dienone is 4. The van der Waals surface area contributed by atoms with Gasteiger partial charge in [0, 0.05) is 5.56 Å². The van der Waals surface area contributed by atoms with Gasteiger partial charge in [-0.2, -0.15) is 0 Å². The van der Waals surface area contributed by atoms with Gasteiger partial charge in [-0.25, -0.2) is 0 Å². The van der Waals surface area contributed by atoms with Gasteiger partial charge in [0.1, 0.15) is 5.92 Å². The van der Waals surface area contributed by atoms with Crippen LogP contribution in [-0.4, -0.2) is 11.6 Å². The maximum atomic E-state index is 12.2. The summed E-state index contributed by atoms with van der Waals surface area (Å²) >= 11 is 0. The fourth-order valence-corrected chi connectivity index (χ4v) is 2.39. The molecule has 0 saturated carbocycles. The number of carbonyl (C=O) groups excluding carboxylic acids is 2. The third-order valence-electron chi connectivity index (χ3n) is 3.17. The van der Waals surface area contributed by atoms with Gasteiger partial charge in [0.05, 0.1) is 0 Å². The molecule has 1 unspecified atom stereocenters. The summed E-state index contributed by atoms with van der Waals surface area (Å²) in [7, 11) is 0. The van der Waals surface area contributed by atoms with Crippen LogP contribution in [0.2, 0.25) is 0 Å². The Labute approximate surface area is 93.3 Å². The predicted molar refractivity (Wildman–Crippen MR) is 60.2 cm³/mol. The molecule has 3 rings (SSSR count). The Morgan fingerprint density at radius 3 is 2.81 bits per heavy atom. The second-order valence-electron chi connectivity index (χ2n) is 4.13. The molecule has 2 nitrogen and oxygen atoms in total. The fraction of sp³-hybridized carbons (Fsp3) is 0.143. The largest absolute Gasteiger partial charge is 0.294 e. The van der Waals surface area contributed by atoms with Crippen LogP contribution in [0, 0.1) is 5.92 Å². The average Bonchev–Trinajstić information content (AvgIpc) is 2.29. The molecule has 0 fully saturated rings. The Hall–Kier alpha value is -1.96. The van der Waals surface area contributed by atoms with E-state index in [4.69, 9.17) is 0 Å². The van der Waals surface area contributed by atoms with Crippen molar-refractivity contribution in [2.45, 2.75) is 6.42 Å². The van der Waals surface area contributed by atoms with E-state index in [0.717, 1.165) is 11.1 Å². The number of ketones is 2. The van der Waals surface area contributed by atoms with Gasteiger partial charge in [0.15, 0.2) is 11.6 Å². The molecule has 0 radical (unpaired) electrons. The van der Waals surface area contributed by atoms with E-state index in [1.54, 1.807) is 12.1 Å². The highest BCUT2D eigenvalue weighted by Crippen LogP contribution is 2.32. The van der Waals surface area contributed by atoms with Gasteiger partial charge in [0.25, 0.3) is 0 Å². The SMILES string of the molecule is O=C1C=CC=C2Cc3ccccc3C(=O)C12. The summed E-state index contributed by atoms with van der Waals surface area (Å²) in [4.78, 5) is 23.9. The van der Waals surface area contributed by atoms with Crippen molar-refractivity contribution in [2.24, 2.45) is 5.92 Å². The van der Waals surface area contributed by atoms with Crippen molar-refractivity contribution >= 4 is 11.6 Å². The van der Waals surface area contributed by atoms with Crippen LogP contribution in [0.15, 0.2) is 48.1 Å². The lowest BCUT2D eigenvalue weighted by Crippen LogP contribution is -2.31. The van der Waals surface area contributed by atoms with E-state index >= 15 is 0 Å². The second-order valence-corrected chi connectivity index (χ2v) is 4.13. The minimum Gasteiger partial charge on any atom is -0.294 e. The lowest BCUT2D eigenvalue weighted by atomic mass is 9.75. The molecule has 0 saturated heterocycles. The average molecular weight is 210 g/mol. The number of benzene rings is 1. The highest BCUT2D eigenvalue weighted by Gasteiger charge is 2.35. The van der Waals surface area contributed by atoms with E-state index in [9.17, 15) is 9.59 Å². The fourth-order valence-electron chi connectivity index (χ4n) is 2.39. The number of rotatable bonds is 0. The van der Waals surface area contributed by atoms with Crippen molar-refractivity contribution in [1.29, 1.82) is 0 Å². The first kappa shape index (κ1) is 9.28. The van der Waals surface area contributed by atoms with Crippen LogP contribution in [0.3, 0.4) is 0 Å². The lowest BCUT2D eigenvalue weighted by Gasteiger charge is -2.26. The van der Waals surface area contributed by atoms with Gasteiger partial charge in [-0.3, -0.25) is 9.59 Å². The Balaban J connectivity index is 2.17. The number of hydrogen-bond donors (Lipinski definition) is 0. The molecule has 0 aliphatic heterocycles. The smallest absolute Gasteiger partial charge is 0.178 e. The van der Waals surface area contributed by atoms with Gasteiger partial charge in [0.2, 0.25) is 0 Å². The zero-order valence-electron chi connectivity index (χ0n) is 8.64. The molecule has 2 aliphatic rings. The Morgan fingerprint density at radius 2 is 1.94 bits per heavy atom. The topological polar surface area (TPSA) is 34.1 Å². The Morgan fingerprint density at radius 1 is 1.12 bits per heavy atom. The summed E-state index contributed by atoms with van der Waals surface area (Å²) in [5, 5.41) is 0. The van der Waals surface area contributed by atoms with Gasteiger partial charge in [-0.15, -0.1) is 0 Å². The van der Waals surface area contributed by atoms with Crippen molar-refractivity contribution in [3.8, 4) is 0 Å². The number of hydrogen-bond acceptors (Lipinski definition) is 2. The van der Waals surface area contributed by atoms with E-state index in [1.165, 1.54) is 6.08 Å². The van der Waals surface area contributed by atoms with Crippen LogP contribution in [0.4, 0.5) is 0 Å². The summed E-state index contributed by atoms with van der Waals surface area (Å²) in [5.74, 6) is -0.695. The molecule has 16 heavy (non-hydrogen) atoms. The molecule has 0 aromatic heterocycles. The van der Waals surface area contributed by atoms with Gasteiger partial charge < -0.3 is 0 Å². The lowest BCUT2D eigenvalue weighted by molar-refractivity contribution is -0.116. The van der Waals surface area contributed by atoms with Crippen molar-refractivity contribution in [3.05, 3.63) is 59.2 Å². The zero-order chi connectivity index (χ0) is 11.1. The van der Waals surface area contributed by atoms with Crippen molar-refractivity contribution in [3.63, 3.8) is 0 Å². The first-order chi connectivity index (χ1) is 7.77. The molecule has 0 spiro atoms. The van der Waals surface area contributed by atoms with Crippen LogP contribution in [-0.2, 0) is 11.2 Å². The minimum absolute atomic E-state index is 0.0533. The van der Waals surface area contributed by atoms with E-state index in [2.05, 4.69) is 0 Å². The number of fused-ring (bicyclic) bond motifs is 2. The van der Waals surface area contributed by atoms with Gasteiger partial charge >= 0.3 is 0 Å². The maximum Gasteiger partial charge on any atom is 0.178 e. The predicted octanol–water partition coefficient (Wildman–Crippen LogP) is 2.11. The summed E-state index contributed by atoms with van der Waals surface area (Å²) in [6.07, 6.45) is 5.82. The summed E-state index contributed by atoms with van der Waals surface area (Å²) in [6.45, 7) is 0. The molecule has 1 aromatic rings. The monoisotopic (exact) mass is 210 g/mol. The van der Waals surface area contributed by atoms with Crippen LogP contribution in [0.25, 0.3) is 0 Å². The highest BCUT2D eigenvalue weighted by molar-refractivity contribution is 6.18. The molecule has 2 heteroatoms. The van der Waals surface area contributed by atoms with Crippen LogP contribution >= 0.6 is 0 Å². The van der Waals surface area contributed by atoms with E-state index in [0.29, 0.717) is 12.0 Å². The van der Waals surface area contributed by atoms with Crippen LogP contribution < -0.4 is 0 Å². The third kappa shape index (κ3) is 1.20. The molecule has 78 valence electrons. The van der Waals surface area contributed by atoms with E-state index in [-0.39, 0.29) is 11.6 Å². The number of Topliss-reactive ketones (excluding diaryl/α,β-unsaturated/α-hetero) is 1. The molecule has 0 heterocycles. The molecule has 2 aliphatic carbocycles. The molecule has 0 N–H and O–H groups in total. The maximum absolute atomic E-state index is 12.2. The molecule has 1 aromatic carbocycles. The summed E-state index contributed by atoms with van der Waals surface area (Å²) < 4.78 is 0. The van der Waals surface area contributed by atoms with Crippen molar-refractivity contribution < 1.29 is 9.59 Å². The first-order valence-corrected chi connectivity index (χ1v) is 5.30. The van der Waals surface area contributed by atoms with Crippen molar-refractivity contribution in [1.82, 2.24) is 0 Å². The Bertz CT molecular complexity index is 550. The van der Waals surface area contributed by atoms with Crippen LogP contribution in [0.5, 0.6) is 0 Å². The standard InChI is InChI=1S/C14H10O2/c15-12-7-3-5-10-8-9-4-1-2-6-11(9)14(16)13(10)12/h1-7,13H,8H2. The summed E-state index contributed by atoms with van der Waals surface area (Å²) in [6, 6.07) is 7.52. The van der Waals surface area contributed by atoms with Gasteiger partial charge in [-0.1, -0.05) is 36.4 Å². The summed E-state index contributed by atoms with van der Waals surface area (Å²) in [5.41, 5.74) is 2.66. The van der Waals surface area contributed by atoms with E-state index in [1.807, 2.05) is 24.3 Å².